The Bertz CT molecular complexity index is 1010. The number of benzene rings is 2. The van der Waals surface area contributed by atoms with Crippen molar-refractivity contribution < 1.29 is 17.9 Å². The number of ether oxygens (including phenoxy) is 1. The van der Waals surface area contributed by atoms with Gasteiger partial charge in [-0.2, -0.15) is 4.31 Å². The molecule has 1 atom stereocenters. The van der Waals surface area contributed by atoms with Gasteiger partial charge < -0.3 is 9.64 Å². The van der Waals surface area contributed by atoms with Crippen LogP contribution in [0.3, 0.4) is 0 Å². The summed E-state index contributed by atoms with van der Waals surface area (Å²) in [6.45, 7) is 5.21. The number of aryl methyl sites for hydroxylation is 1. The summed E-state index contributed by atoms with van der Waals surface area (Å²) in [6, 6.07) is 12.8. The molecule has 1 saturated heterocycles. The lowest BCUT2D eigenvalue weighted by Crippen LogP contribution is -2.41. The smallest absolute Gasteiger partial charge is 0.258 e. The molecule has 0 N–H and O–H groups in total. The van der Waals surface area contributed by atoms with Gasteiger partial charge in [0.1, 0.15) is 0 Å². The van der Waals surface area contributed by atoms with Gasteiger partial charge in [0.25, 0.3) is 5.91 Å². The molecule has 148 valence electrons. The Morgan fingerprint density at radius 1 is 1.11 bits per heavy atom. The summed E-state index contributed by atoms with van der Waals surface area (Å²) < 4.78 is 32.9. The molecule has 0 spiro atoms. The zero-order valence-electron chi connectivity index (χ0n) is 16.1. The molecule has 4 rings (SSSR count). The van der Waals surface area contributed by atoms with Gasteiger partial charge in [0.05, 0.1) is 18.1 Å². The van der Waals surface area contributed by atoms with E-state index in [-0.39, 0.29) is 16.8 Å². The van der Waals surface area contributed by atoms with Crippen LogP contribution < -0.4 is 4.90 Å². The molecule has 2 aromatic rings. The van der Waals surface area contributed by atoms with E-state index in [9.17, 15) is 13.2 Å². The number of nitrogens with zero attached hydrogens (tertiary/aromatic N) is 2. The lowest BCUT2D eigenvalue weighted by molar-refractivity contribution is 0.0730. The van der Waals surface area contributed by atoms with E-state index in [0.29, 0.717) is 37.4 Å². The molecule has 2 aromatic carbocycles. The van der Waals surface area contributed by atoms with Crippen molar-refractivity contribution in [2.75, 3.05) is 31.2 Å². The second-order valence-corrected chi connectivity index (χ2v) is 9.26. The van der Waals surface area contributed by atoms with Gasteiger partial charge in [0.2, 0.25) is 10.0 Å². The van der Waals surface area contributed by atoms with E-state index in [2.05, 4.69) is 0 Å². The molecule has 0 bridgehead atoms. The molecule has 2 heterocycles. The minimum atomic E-state index is -3.66. The molecule has 0 saturated carbocycles. The molecule has 1 fully saturated rings. The number of amides is 1. The number of hydrogen-bond acceptors (Lipinski definition) is 4. The van der Waals surface area contributed by atoms with E-state index in [4.69, 9.17) is 4.74 Å². The molecule has 2 aliphatic heterocycles. The van der Waals surface area contributed by atoms with Crippen molar-refractivity contribution in [1.82, 2.24) is 4.31 Å². The van der Waals surface area contributed by atoms with Gasteiger partial charge in [0.15, 0.2) is 0 Å². The average molecular weight is 401 g/mol. The fourth-order valence-corrected chi connectivity index (χ4v) is 5.61. The van der Waals surface area contributed by atoms with Crippen molar-refractivity contribution in [3.63, 3.8) is 0 Å². The van der Waals surface area contributed by atoms with Crippen LogP contribution in [0.5, 0.6) is 0 Å². The van der Waals surface area contributed by atoms with Crippen LogP contribution in [0, 0.1) is 6.92 Å². The fraction of sp³-hybridized carbons (Fsp3) is 0.381. The van der Waals surface area contributed by atoms with Crippen LogP contribution in [0.4, 0.5) is 5.69 Å². The summed E-state index contributed by atoms with van der Waals surface area (Å²) in [5.41, 5.74) is 3.06. The molecular weight excluding hydrogens is 376 g/mol. The third kappa shape index (κ3) is 3.23. The first-order valence-electron chi connectivity index (χ1n) is 9.49. The second kappa shape index (κ2) is 7.31. The van der Waals surface area contributed by atoms with Gasteiger partial charge in [0, 0.05) is 30.4 Å². The topological polar surface area (TPSA) is 66.9 Å². The fourth-order valence-electron chi connectivity index (χ4n) is 3.95. The Morgan fingerprint density at radius 3 is 2.57 bits per heavy atom. The maximum Gasteiger partial charge on any atom is 0.258 e. The number of carbonyl (C=O) groups is 1. The largest absolute Gasteiger partial charge is 0.379 e. The summed E-state index contributed by atoms with van der Waals surface area (Å²) in [4.78, 5) is 15.2. The molecule has 1 amide bonds. The first kappa shape index (κ1) is 19.1. The molecule has 0 aliphatic carbocycles. The van der Waals surface area contributed by atoms with Crippen LogP contribution in [0.2, 0.25) is 0 Å². The Balaban J connectivity index is 1.70. The van der Waals surface area contributed by atoms with Crippen LogP contribution in [0.25, 0.3) is 0 Å². The van der Waals surface area contributed by atoms with E-state index in [1.807, 2.05) is 31.2 Å². The first-order chi connectivity index (χ1) is 13.4. The molecule has 2 aliphatic rings. The number of sulfonamides is 1. The van der Waals surface area contributed by atoms with E-state index < -0.39 is 10.0 Å². The summed E-state index contributed by atoms with van der Waals surface area (Å²) in [5.74, 6) is -0.170. The molecule has 0 unspecified atom stereocenters. The zero-order valence-corrected chi connectivity index (χ0v) is 16.9. The van der Waals surface area contributed by atoms with Crippen LogP contribution >= 0.6 is 0 Å². The van der Waals surface area contributed by atoms with E-state index >= 15 is 0 Å². The summed E-state index contributed by atoms with van der Waals surface area (Å²) in [6.07, 6.45) is 0.798. The van der Waals surface area contributed by atoms with Gasteiger partial charge >= 0.3 is 0 Å². The molecule has 0 radical (unpaired) electrons. The molecule has 6 nitrogen and oxygen atoms in total. The number of anilines is 1. The van der Waals surface area contributed by atoms with Crippen molar-refractivity contribution in [2.24, 2.45) is 0 Å². The predicted molar refractivity (Wildman–Crippen MR) is 107 cm³/mol. The SMILES string of the molecule is Cc1ccc(C(=O)N2c3ccccc3C[C@H]2C)cc1S(=O)(=O)N1CCOCC1. The highest BCUT2D eigenvalue weighted by Gasteiger charge is 2.33. The van der Waals surface area contributed by atoms with Crippen LogP contribution in [-0.2, 0) is 21.2 Å². The number of carbonyl (C=O) groups excluding carboxylic acids is 1. The Morgan fingerprint density at radius 2 is 1.82 bits per heavy atom. The predicted octanol–water partition coefficient (Wildman–Crippen LogP) is 2.61. The van der Waals surface area contributed by atoms with Crippen LogP contribution in [0.1, 0.15) is 28.4 Å². The Kier molecular flexibility index (Phi) is 4.99. The quantitative estimate of drug-likeness (QED) is 0.794. The van der Waals surface area contributed by atoms with E-state index in [1.54, 1.807) is 24.0 Å². The minimum absolute atomic E-state index is 0.0329. The zero-order chi connectivity index (χ0) is 19.9. The molecular formula is C21H24N2O4S. The van der Waals surface area contributed by atoms with Crippen molar-refractivity contribution in [3.8, 4) is 0 Å². The highest BCUT2D eigenvalue weighted by atomic mass is 32.2. The Hall–Kier alpha value is -2.22. The number of hydrogen-bond donors (Lipinski definition) is 0. The van der Waals surface area contributed by atoms with Crippen molar-refractivity contribution in [3.05, 3.63) is 59.2 Å². The highest BCUT2D eigenvalue weighted by Crippen LogP contribution is 2.33. The monoisotopic (exact) mass is 400 g/mol. The number of rotatable bonds is 3. The number of morpholine rings is 1. The van der Waals surface area contributed by atoms with E-state index in [1.165, 1.54) is 10.4 Å². The Labute approximate surface area is 165 Å². The maximum absolute atomic E-state index is 13.3. The lowest BCUT2D eigenvalue weighted by Gasteiger charge is -2.27. The lowest BCUT2D eigenvalue weighted by atomic mass is 10.1. The summed E-state index contributed by atoms with van der Waals surface area (Å²) >= 11 is 0. The second-order valence-electron chi connectivity index (χ2n) is 7.35. The third-order valence-corrected chi connectivity index (χ3v) is 7.49. The van der Waals surface area contributed by atoms with Crippen molar-refractivity contribution >= 4 is 21.6 Å². The summed E-state index contributed by atoms with van der Waals surface area (Å²) in [7, 11) is -3.66. The van der Waals surface area contributed by atoms with Crippen LogP contribution in [0.15, 0.2) is 47.4 Å². The molecule has 28 heavy (non-hydrogen) atoms. The first-order valence-corrected chi connectivity index (χ1v) is 10.9. The average Bonchev–Trinajstić information content (AvgIpc) is 3.04. The normalized spacial score (nSPS) is 20.2. The standard InChI is InChI=1S/C21H24N2O4S/c1-15-7-8-18(14-20(15)28(25,26)22-9-11-27-12-10-22)21(24)23-16(2)13-17-5-3-4-6-19(17)23/h3-8,14,16H,9-13H2,1-2H3/t16-/m1/s1. The van der Waals surface area contributed by atoms with Crippen molar-refractivity contribution in [1.29, 1.82) is 0 Å². The number of para-hydroxylation sites is 1. The van der Waals surface area contributed by atoms with Gasteiger partial charge in [-0.1, -0.05) is 24.3 Å². The highest BCUT2D eigenvalue weighted by molar-refractivity contribution is 7.89. The maximum atomic E-state index is 13.3. The minimum Gasteiger partial charge on any atom is -0.379 e. The van der Waals surface area contributed by atoms with Gasteiger partial charge in [-0.25, -0.2) is 8.42 Å². The molecule has 7 heteroatoms. The third-order valence-electron chi connectivity index (χ3n) is 5.45. The van der Waals surface area contributed by atoms with Crippen molar-refractivity contribution in [2.45, 2.75) is 31.2 Å². The number of fused-ring (bicyclic) bond motifs is 1. The van der Waals surface area contributed by atoms with Gasteiger partial charge in [-0.15, -0.1) is 0 Å². The van der Waals surface area contributed by atoms with Gasteiger partial charge in [-0.3, -0.25) is 4.79 Å². The van der Waals surface area contributed by atoms with E-state index in [0.717, 1.165) is 17.7 Å². The molecule has 0 aromatic heterocycles. The van der Waals surface area contributed by atoms with Gasteiger partial charge in [-0.05, 0) is 49.6 Å². The summed E-state index contributed by atoms with van der Waals surface area (Å²) in [5, 5.41) is 0. The van der Waals surface area contributed by atoms with Crippen LogP contribution in [-0.4, -0.2) is 51.0 Å².